The van der Waals surface area contributed by atoms with Crippen LogP contribution in [0.5, 0.6) is 11.5 Å². The normalized spacial score (nSPS) is 11.7. The smallest absolute Gasteiger partial charge is 0.177 e. The molecule has 2 aromatic rings. The maximum absolute atomic E-state index is 12.3. The van der Waals surface area contributed by atoms with E-state index >= 15 is 0 Å². The largest absolute Gasteiger partial charge is 0.493 e. The van der Waals surface area contributed by atoms with Gasteiger partial charge in [-0.15, -0.1) is 0 Å². The molecule has 0 fully saturated rings. The van der Waals surface area contributed by atoms with Crippen molar-refractivity contribution in [2.45, 2.75) is 5.92 Å². The fourth-order valence-electron chi connectivity index (χ4n) is 2.17. The van der Waals surface area contributed by atoms with Gasteiger partial charge in [0.25, 0.3) is 0 Å². The molecule has 0 saturated heterocycles. The van der Waals surface area contributed by atoms with Crippen molar-refractivity contribution in [2.24, 2.45) is 0 Å². The fourth-order valence-corrected chi connectivity index (χ4v) is 2.17. The van der Waals surface area contributed by atoms with E-state index < -0.39 is 5.92 Å². The highest BCUT2D eigenvalue weighted by atomic mass is 16.5. The Morgan fingerprint density at radius 3 is 2.39 bits per heavy atom. The molecule has 0 saturated carbocycles. The molecule has 0 aliphatic carbocycles. The summed E-state index contributed by atoms with van der Waals surface area (Å²) in [6, 6.07) is 16.5. The Morgan fingerprint density at radius 2 is 1.78 bits per heavy atom. The van der Waals surface area contributed by atoms with E-state index in [2.05, 4.69) is 0 Å². The molecule has 2 aromatic carbocycles. The third kappa shape index (κ3) is 3.98. The lowest BCUT2D eigenvalue weighted by atomic mass is 9.95. The van der Waals surface area contributed by atoms with Gasteiger partial charge in [-0.1, -0.05) is 42.5 Å². The SMILES string of the molecule is COc1ccc(C(C#N)C(=O)C=Cc2ccccc2)cc1OC. The van der Waals surface area contributed by atoms with Gasteiger partial charge in [0.15, 0.2) is 17.3 Å². The minimum Gasteiger partial charge on any atom is -0.493 e. The van der Waals surface area contributed by atoms with Crippen LogP contribution >= 0.6 is 0 Å². The van der Waals surface area contributed by atoms with Crippen LogP contribution in [0.4, 0.5) is 0 Å². The van der Waals surface area contributed by atoms with Crippen molar-refractivity contribution in [3.05, 3.63) is 65.7 Å². The molecule has 0 N–H and O–H groups in total. The van der Waals surface area contributed by atoms with Gasteiger partial charge in [-0.25, -0.2) is 0 Å². The number of ketones is 1. The van der Waals surface area contributed by atoms with E-state index in [1.165, 1.54) is 20.3 Å². The lowest BCUT2D eigenvalue weighted by Gasteiger charge is -2.11. The molecule has 0 heterocycles. The Bertz CT molecular complexity index is 745. The Kier molecular flexibility index (Phi) is 5.54. The van der Waals surface area contributed by atoms with Gasteiger partial charge in [0.05, 0.1) is 20.3 Å². The summed E-state index contributed by atoms with van der Waals surface area (Å²) in [4.78, 5) is 12.3. The topological polar surface area (TPSA) is 59.3 Å². The van der Waals surface area contributed by atoms with E-state index in [9.17, 15) is 10.1 Å². The van der Waals surface area contributed by atoms with Crippen molar-refractivity contribution in [1.29, 1.82) is 5.26 Å². The van der Waals surface area contributed by atoms with Crippen molar-refractivity contribution >= 4 is 11.9 Å². The van der Waals surface area contributed by atoms with Gasteiger partial charge in [-0.3, -0.25) is 4.79 Å². The zero-order valence-corrected chi connectivity index (χ0v) is 13.0. The van der Waals surface area contributed by atoms with Crippen LogP contribution in [0.15, 0.2) is 54.6 Å². The number of carbonyl (C=O) groups excluding carboxylic acids is 1. The standard InChI is InChI=1S/C19H17NO3/c1-22-18-11-9-15(12-19(18)23-2)16(13-20)17(21)10-8-14-6-4-3-5-7-14/h3-12,16H,1-2H3. The second kappa shape index (κ2) is 7.81. The lowest BCUT2D eigenvalue weighted by molar-refractivity contribution is -0.114. The van der Waals surface area contributed by atoms with Crippen molar-refractivity contribution in [2.75, 3.05) is 14.2 Å². The van der Waals surface area contributed by atoms with Gasteiger partial charge in [-0.05, 0) is 29.3 Å². The van der Waals surface area contributed by atoms with Crippen LogP contribution in [-0.4, -0.2) is 20.0 Å². The predicted molar refractivity (Wildman–Crippen MR) is 88.4 cm³/mol. The number of benzene rings is 2. The van der Waals surface area contributed by atoms with Gasteiger partial charge >= 0.3 is 0 Å². The van der Waals surface area contributed by atoms with E-state index in [1.807, 2.05) is 36.4 Å². The number of methoxy groups -OCH3 is 2. The molecule has 0 aliphatic heterocycles. The van der Waals surface area contributed by atoms with Crippen LogP contribution < -0.4 is 9.47 Å². The number of ether oxygens (including phenoxy) is 2. The summed E-state index contributed by atoms with van der Waals surface area (Å²) in [5, 5.41) is 9.36. The Balaban J connectivity index is 2.24. The molecular formula is C19H17NO3. The Hall–Kier alpha value is -3.06. The number of carbonyl (C=O) groups is 1. The van der Waals surface area contributed by atoms with Crippen molar-refractivity contribution in [1.82, 2.24) is 0 Å². The zero-order chi connectivity index (χ0) is 16.7. The van der Waals surface area contributed by atoms with Gasteiger partial charge in [0, 0.05) is 0 Å². The van der Waals surface area contributed by atoms with Crippen molar-refractivity contribution in [3.8, 4) is 17.6 Å². The van der Waals surface area contributed by atoms with Crippen molar-refractivity contribution < 1.29 is 14.3 Å². The van der Waals surface area contributed by atoms with Crippen LogP contribution in [-0.2, 0) is 4.79 Å². The van der Waals surface area contributed by atoms with Gasteiger partial charge in [0.2, 0.25) is 0 Å². The summed E-state index contributed by atoms with van der Waals surface area (Å²) in [6.45, 7) is 0. The summed E-state index contributed by atoms with van der Waals surface area (Å²) in [7, 11) is 3.05. The van der Waals surface area contributed by atoms with Crippen LogP contribution in [0, 0.1) is 11.3 Å². The number of hydrogen-bond donors (Lipinski definition) is 0. The van der Waals surface area contributed by atoms with E-state index in [4.69, 9.17) is 9.47 Å². The molecule has 0 amide bonds. The third-order valence-corrected chi connectivity index (χ3v) is 3.39. The molecule has 0 aliphatic rings. The first-order chi connectivity index (χ1) is 11.2. The van der Waals surface area contributed by atoms with Gasteiger partial charge < -0.3 is 9.47 Å². The number of nitriles is 1. The highest BCUT2D eigenvalue weighted by Crippen LogP contribution is 2.31. The Labute approximate surface area is 135 Å². The molecule has 0 spiro atoms. The van der Waals surface area contributed by atoms with E-state index in [0.717, 1.165) is 5.56 Å². The minimum absolute atomic E-state index is 0.274. The molecule has 0 radical (unpaired) electrons. The molecule has 116 valence electrons. The molecule has 1 unspecified atom stereocenters. The van der Waals surface area contributed by atoms with Crippen LogP contribution in [0.25, 0.3) is 6.08 Å². The molecule has 23 heavy (non-hydrogen) atoms. The summed E-state index contributed by atoms with van der Waals surface area (Å²) in [5.74, 6) is -0.108. The quantitative estimate of drug-likeness (QED) is 0.765. The predicted octanol–water partition coefficient (Wildman–Crippen LogP) is 3.59. The van der Waals surface area contributed by atoms with Gasteiger partial charge in [-0.2, -0.15) is 5.26 Å². The summed E-state index contributed by atoms with van der Waals surface area (Å²) in [6.07, 6.45) is 3.13. The van der Waals surface area contributed by atoms with Crippen LogP contribution in [0.2, 0.25) is 0 Å². The van der Waals surface area contributed by atoms with E-state index in [1.54, 1.807) is 24.3 Å². The minimum atomic E-state index is -0.880. The highest BCUT2D eigenvalue weighted by molar-refractivity contribution is 6.00. The molecule has 1 atom stereocenters. The summed E-state index contributed by atoms with van der Waals surface area (Å²) >= 11 is 0. The highest BCUT2D eigenvalue weighted by Gasteiger charge is 2.19. The molecular weight excluding hydrogens is 290 g/mol. The number of nitrogens with zero attached hydrogens (tertiary/aromatic N) is 1. The fraction of sp³-hybridized carbons (Fsp3) is 0.158. The summed E-state index contributed by atoms with van der Waals surface area (Å²) < 4.78 is 10.4. The second-order valence-corrected chi connectivity index (χ2v) is 4.82. The van der Waals surface area contributed by atoms with E-state index in [0.29, 0.717) is 17.1 Å². The number of hydrogen-bond acceptors (Lipinski definition) is 4. The first-order valence-corrected chi connectivity index (χ1v) is 7.08. The first-order valence-electron chi connectivity index (χ1n) is 7.08. The average Bonchev–Trinajstić information content (AvgIpc) is 2.61. The van der Waals surface area contributed by atoms with Crippen molar-refractivity contribution in [3.63, 3.8) is 0 Å². The summed E-state index contributed by atoms with van der Waals surface area (Å²) in [5.41, 5.74) is 1.48. The zero-order valence-electron chi connectivity index (χ0n) is 13.0. The van der Waals surface area contributed by atoms with Crippen LogP contribution in [0.1, 0.15) is 17.0 Å². The first kappa shape index (κ1) is 16.3. The number of rotatable bonds is 6. The van der Waals surface area contributed by atoms with Gasteiger partial charge in [0.1, 0.15) is 5.92 Å². The molecule has 4 nitrogen and oxygen atoms in total. The number of allylic oxidation sites excluding steroid dienone is 1. The average molecular weight is 307 g/mol. The van der Waals surface area contributed by atoms with Crippen LogP contribution in [0.3, 0.4) is 0 Å². The molecule has 4 heteroatoms. The Morgan fingerprint density at radius 1 is 1.09 bits per heavy atom. The second-order valence-electron chi connectivity index (χ2n) is 4.82. The van der Waals surface area contributed by atoms with E-state index in [-0.39, 0.29) is 5.78 Å². The molecule has 2 rings (SSSR count). The maximum atomic E-state index is 12.3. The third-order valence-electron chi connectivity index (χ3n) is 3.39. The monoisotopic (exact) mass is 307 g/mol. The maximum Gasteiger partial charge on any atom is 0.177 e. The lowest BCUT2D eigenvalue weighted by Crippen LogP contribution is -2.08. The molecule has 0 bridgehead atoms. The molecule has 0 aromatic heterocycles.